The number of aryl methyl sites for hydroxylation is 2. The van der Waals surface area contributed by atoms with Crippen LogP contribution in [0.1, 0.15) is 5.82 Å². The lowest BCUT2D eigenvalue weighted by Gasteiger charge is -2.07. The van der Waals surface area contributed by atoms with Gasteiger partial charge in [0.1, 0.15) is 28.7 Å². The molecule has 0 spiro atoms. The van der Waals surface area contributed by atoms with Gasteiger partial charge in [-0.3, -0.25) is 14.2 Å². The Labute approximate surface area is 161 Å². The number of nitrogens with zero attached hydrogens (tertiary/aromatic N) is 6. The molecule has 4 rings (SSSR count). The number of benzene rings is 1. The number of hydrogen-bond donors (Lipinski definition) is 1. The highest BCUT2D eigenvalue weighted by Gasteiger charge is 2.15. The van der Waals surface area contributed by atoms with E-state index in [9.17, 15) is 9.59 Å². The number of nitrogens with one attached hydrogen (secondary N) is 1. The Kier molecular flexibility index (Phi) is 4.27. The number of imidazole rings is 1. The van der Waals surface area contributed by atoms with Crippen molar-refractivity contribution in [1.82, 2.24) is 34.2 Å². The van der Waals surface area contributed by atoms with Gasteiger partial charge in [-0.05, 0) is 28.1 Å². The summed E-state index contributed by atoms with van der Waals surface area (Å²) in [4.78, 5) is 33.6. The molecule has 3 heterocycles. The van der Waals surface area contributed by atoms with E-state index in [1.807, 2.05) is 35.9 Å². The van der Waals surface area contributed by atoms with E-state index in [0.717, 1.165) is 16.9 Å². The number of halogens is 1. The van der Waals surface area contributed by atoms with Crippen LogP contribution < -0.4 is 10.9 Å². The molecule has 0 bridgehead atoms. The normalized spacial score (nSPS) is 11.4. The number of rotatable bonds is 4. The molecule has 0 atom stereocenters. The van der Waals surface area contributed by atoms with Gasteiger partial charge >= 0.3 is 0 Å². The SMILES string of the molecule is Cn1nc(Br)c2c(=O)n(CC(=O)NCc3nc4ccccc4n3C)cnc21. The van der Waals surface area contributed by atoms with E-state index in [-0.39, 0.29) is 24.6 Å². The van der Waals surface area contributed by atoms with Gasteiger partial charge in [-0.2, -0.15) is 5.10 Å². The Bertz CT molecular complexity index is 1240. The summed E-state index contributed by atoms with van der Waals surface area (Å²) in [6, 6.07) is 7.76. The van der Waals surface area contributed by atoms with E-state index in [4.69, 9.17) is 0 Å². The molecule has 0 fully saturated rings. The minimum atomic E-state index is -0.321. The van der Waals surface area contributed by atoms with Crippen LogP contribution in [-0.4, -0.2) is 34.8 Å². The average Bonchev–Trinajstić information content (AvgIpc) is 3.12. The van der Waals surface area contributed by atoms with Crippen LogP contribution in [0.5, 0.6) is 0 Å². The van der Waals surface area contributed by atoms with Gasteiger partial charge in [-0.1, -0.05) is 12.1 Å². The third kappa shape index (κ3) is 3.01. The summed E-state index contributed by atoms with van der Waals surface area (Å²) >= 11 is 3.26. The van der Waals surface area contributed by atoms with E-state index in [2.05, 4.69) is 36.3 Å². The summed E-state index contributed by atoms with van der Waals surface area (Å²) in [6.45, 7) is 0.137. The fraction of sp³-hybridized carbons (Fsp3) is 0.235. The number of carbonyl (C=O) groups is 1. The van der Waals surface area contributed by atoms with Crippen LogP contribution in [0.15, 0.2) is 40.0 Å². The van der Waals surface area contributed by atoms with Gasteiger partial charge in [0, 0.05) is 14.1 Å². The minimum Gasteiger partial charge on any atom is -0.347 e. The number of fused-ring (bicyclic) bond motifs is 2. The molecular weight excluding hydrogens is 414 g/mol. The summed E-state index contributed by atoms with van der Waals surface area (Å²) in [5.41, 5.74) is 2.01. The Morgan fingerprint density at radius 3 is 2.81 bits per heavy atom. The lowest BCUT2D eigenvalue weighted by molar-refractivity contribution is -0.121. The zero-order valence-electron chi connectivity index (χ0n) is 14.7. The fourth-order valence-electron chi connectivity index (χ4n) is 2.99. The summed E-state index contributed by atoms with van der Waals surface area (Å²) in [6.07, 6.45) is 1.35. The maximum absolute atomic E-state index is 12.6. The largest absolute Gasteiger partial charge is 0.347 e. The molecule has 1 aromatic carbocycles. The molecule has 0 saturated heterocycles. The number of carbonyl (C=O) groups excluding carboxylic acids is 1. The quantitative estimate of drug-likeness (QED) is 0.523. The highest BCUT2D eigenvalue weighted by molar-refractivity contribution is 9.10. The second-order valence-corrected chi connectivity index (χ2v) is 6.89. The molecule has 0 radical (unpaired) electrons. The number of aromatic nitrogens is 6. The van der Waals surface area contributed by atoms with Crippen LogP contribution in [0.2, 0.25) is 0 Å². The fourth-order valence-corrected chi connectivity index (χ4v) is 3.57. The van der Waals surface area contributed by atoms with Crippen molar-refractivity contribution in [2.45, 2.75) is 13.1 Å². The van der Waals surface area contributed by atoms with E-state index >= 15 is 0 Å². The van der Waals surface area contributed by atoms with Crippen molar-refractivity contribution in [3.05, 3.63) is 51.4 Å². The molecule has 138 valence electrons. The maximum atomic E-state index is 12.6. The maximum Gasteiger partial charge on any atom is 0.266 e. The van der Waals surface area contributed by atoms with Crippen LogP contribution in [-0.2, 0) is 32.0 Å². The lowest BCUT2D eigenvalue weighted by Crippen LogP contribution is -2.32. The van der Waals surface area contributed by atoms with Gasteiger partial charge in [0.25, 0.3) is 5.56 Å². The van der Waals surface area contributed by atoms with Crippen molar-refractivity contribution < 1.29 is 4.79 Å². The van der Waals surface area contributed by atoms with Gasteiger partial charge in [0.05, 0.1) is 17.6 Å². The number of para-hydroxylation sites is 2. The van der Waals surface area contributed by atoms with E-state index < -0.39 is 0 Å². The Hall–Kier alpha value is -3.01. The first-order valence-corrected chi connectivity index (χ1v) is 8.99. The van der Waals surface area contributed by atoms with Crippen molar-refractivity contribution in [2.75, 3.05) is 0 Å². The molecule has 1 N–H and O–H groups in total. The Balaban J connectivity index is 1.52. The first kappa shape index (κ1) is 17.4. The molecule has 0 unspecified atom stereocenters. The van der Waals surface area contributed by atoms with Gasteiger partial charge in [0.15, 0.2) is 5.65 Å². The Morgan fingerprint density at radius 1 is 1.26 bits per heavy atom. The molecule has 4 aromatic rings. The van der Waals surface area contributed by atoms with Crippen LogP contribution in [0.3, 0.4) is 0 Å². The van der Waals surface area contributed by atoms with Gasteiger partial charge in [0.2, 0.25) is 5.91 Å². The zero-order chi connectivity index (χ0) is 19.1. The molecule has 3 aromatic heterocycles. The second-order valence-electron chi connectivity index (χ2n) is 6.14. The van der Waals surface area contributed by atoms with Gasteiger partial charge in [-0.25, -0.2) is 14.6 Å². The summed E-state index contributed by atoms with van der Waals surface area (Å²) < 4.78 is 5.12. The number of hydrogen-bond acceptors (Lipinski definition) is 5. The van der Waals surface area contributed by atoms with Crippen molar-refractivity contribution in [1.29, 1.82) is 0 Å². The van der Waals surface area contributed by atoms with E-state index in [1.54, 1.807) is 7.05 Å². The second kappa shape index (κ2) is 6.62. The monoisotopic (exact) mass is 429 g/mol. The van der Waals surface area contributed by atoms with Crippen LogP contribution >= 0.6 is 15.9 Å². The molecule has 9 nitrogen and oxygen atoms in total. The Morgan fingerprint density at radius 2 is 2.04 bits per heavy atom. The van der Waals surface area contributed by atoms with Crippen molar-refractivity contribution in [3.8, 4) is 0 Å². The molecular formula is C17H16BrN7O2. The van der Waals surface area contributed by atoms with E-state index in [1.165, 1.54) is 15.6 Å². The summed E-state index contributed by atoms with van der Waals surface area (Å²) in [5, 5.41) is 7.28. The van der Waals surface area contributed by atoms with Crippen molar-refractivity contribution >= 4 is 43.9 Å². The summed E-state index contributed by atoms with van der Waals surface area (Å²) in [5.74, 6) is 0.436. The zero-order valence-corrected chi connectivity index (χ0v) is 16.3. The standard InChI is InChI=1S/C17H16BrN7O2/c1-23-11-6-4-3-5-10(11)21-12(23)7-19-13(26)8-25-9-20-16-14(17(25)27)15(18)22-24(16)2/h3-6,9H,7-8H2,1-2H3,(H,19,26). The molecule has 0 saturated carbocycles. The van der Waals surface area contributed by atoms with Crippen LogP contribution in [0, 0.1) is 0 Å². The molecule has 0 aliphatic rings. The molecule has 0 aliphatic heterocycles. The third-order valence-electron chi connectivity index (χ3n) is 4.41. The molecule has 27 heavy (non-hydrogen) atoms. The molecule has 1 amide bonds. The minimum absolute atomic E-state index is 0.132. The summed E-state index contributed by atoms with van der Waals surface area (Å²) in [7, 11) is 3.60. The smallest absolute Gasteiger partial charge is 0.266 e. The van der Waals surface area contributed by atoms with Crippen LogP contribution in [0.4, 0.5) is 0 Å². The van der Waals surface area contributed by atoms with Crippen LogP contribution in [0.25, 0.3) is 22.1 Å². The first-order chi connectivity index (χ1) is 13.0. The first-order valence-electron chi connectivity index (χ1n) is 8.20. The van der Waals surface area contributed by atoms with Crippen molar-refractivity contribution in [2.24, 2.45) is 14.1 Å². The van der Waals surface area contributed by atoms with Crippen molar-refractivity contribution in [3.63, 3.8) is 0 Å². The predicted octanol–water partition coefficient (Wildman–Crippen LogP) is 1.10. The highest BCUT2D eigenvalue weighted by atomic mass is 79.9. The number of amides is 1. The molecule has 0 aliphatic carbocycles. The average molecular weight is 430 g/mol. The molecule has 10 heteroatoms. The van der Waals surface area contributed by atoms with E-state index in [0.29, 0.717) is 15.6 Å². The van der Waals surface area contributed by atoms with Gasteiger partial charge in [-0.15, -0.1) is 0 Å². The lowest BCUT2D eigenvalue weighted by atomic mass is 10.3. The van der Waals surface area contributed by atoms with Gasteiger partial charge < -0.3 is 9.88 Å². The highest BCUT2D eigenvalue weighted by Crippen LogP contribution is 2.16. The third-order valence-corrected chi connectivity index (χ3v) is 4.96. The predicted molar refractivity (Wildman–Crippen MR) is 103 cm³/mol. The topological polar surface area (TPSA) is 99.6 Å².